The average Bonchev–Trinajstić information content (AvgIpc) is 3.19. The largest absolute Gasteiger partial charge is 0.352 e. The predicted octanol–water partition coefficient (Wildman–Crippen LogP) is 4.63. The average molecular weight is 380 g/mol. The normalized spacial score (nSPS) is 11.3. The third kappa shape index (κ3) is 3.31. The van der Waals surface area contributed by atoms with Crippen LogP contribution in [0.2, 0.25) is 0 Å². The van der Waals surface area contributed by atoms with Gasteiger partial charge in [0.05, 0.1) is 22.1 Å². The molecule has 29 heavy (non-hydrogen) atoms. The molecule has 5 heteroatoms. The maximum atomic E-state index is 12.9. The number of carbonyl (C=O) groups is 1. The molecule has 0 saturated heterocycles. The van der Waals surface area contributed by atoms with Crippen molar-refractivity contribution in [1.82, 2.24) is 20.3 Å². The summed E-state index contributed by atoms with van der Waals surface area (Å²) < 4.78 is 0. The van der Waals surface area contributed by atoms with Crippen LogP contribution in [0.3, 0.4) is 0 Å². The number of carbonyl (C=O) groups excluding carboxylic acids is 1. The van der Waals surface area contributed by atoms with Gasteiger partial charge in [-0.1, -0.05) is 42.5 Å². The first-order valence-electron chi connectivity index (χ1n) is 9.78. The number of fused-ring (bicyclic) bond motifs is 4. The molecule has 142 valence electrons. The van der Waals surface area contributed by atoms with Crippen LogP contribution in [0.4, 0.5) is 0 Å². The number of hydrogen-bond donors (Lipinski definition) is 2. The smallest absolute Gasteiger partial charge is 0.253 e. The summed E-state index contributed by atoms with van der Waals surface area (Å²) in [7, 11) is 0. The maximum absolute atomic E-state index is 12.9. The molecule has 2 aromatic heterocycles. The van der Waals surface area contributed by atoms with Crippen molar-refractivity contribution in [3.05, 3.63) is 84.3 Å². The van der Waals surface area contributed by atoms with Gasteiger partial charge in [0.1, 0.15) is 5.82 Å². The molecule has 2 N–H and O–H groups in total. The lowest BCUT2D eigenvalue weighted by molar-refractivity contribution is 0.0954. The van der Waals surface area contributed by atoms with Crippen LogP contribution in [0.5, 0.6) is 0 Å². The van der Waals surface area contributed by atoms with Crippen molar-refractivity contribution >= 4 is 38.6 Å². The van der Waals surface area contributed by atoms with Gasteiger partial charge in [0.15, 0.2) is 0 Å². The minimum absolute atomic E-state index is 0.0935. The second-order valence-electron chi connectivity index (χ2n) is 7.10. The number of imidazole rings is 1. The van der Waals surface area contributed by atoms with E-state index in [1.54, 1.807) is 6.20 Å². The molecule has 3 aromatic carbocycles. The van der Waals surface area contributed by atoms with Crippen LogP contribution < -0.4 is 5.32 Å². The number of para-hydroxylation sites is 2. The van der Waals surface area contributed by atoms with E-state index in [9.17, 15) is 4.79 Å². The summed E-state index contributed by atoms with van der Waals surface area (Å²) in [5.74, 6) is 0.849. The molecule has 0 spiro atoms. The summed E-state index contributed by atoms with van der Waals surface area (Å²) >= 11 is 0. The van der Waals surface area contributed by atoms with Gasteiger partial charge in [0.25, 0.3) is 5.91 Å². The quantitative estimate of drug-likeness (QED) is 0.345. The highest BCUT2D eigenvalue weighted by molar-refractivity contribution is 6.15. The number of aromatic nitrogens is 3. The molecule has 5 aromatic rings. The summed E-state index contributed by atoms with van der Waals surface area (Å²) in [6.45, 7) is 0.580. The highest BCUT2D eigenvalue weighted by Gasteiger charge is 2.13. The van der Waals surface area contributed by atoms with Crippen LogP contribution in [0.15, 0.2) is 72.9 Å². The highest BCUT2D eigenvalue weighted by atomic mass is 16.1. The Labute approximate surface area is 167 Å². The van der Waals surface area contributed by atoms with Crippen molar-refractivity contribution in [2.24, 2.45) is 0 Å². The Morgan fingerprint density at radius 2 is 1.79 bits per heavy atom. The molecule has 0 saturated carbocycles. The first-order valence-corrected chi connectivity index (χ1v) is 9.78. The maximum Gasteiger partial charge on any atom is 0.253 e. The number of nitrogens with one attached hydrogen (secondary N) is 2. The van der Waals surface area contributed by atoms with Crippen LogP contribution >= 0.6 is 0 Å². The van der Waals surface area contributed by atoms with Gasteiger partial charge in [-0.3, -0.25) is 9.78 Å². The Hall–Kier alpha value is -3.73. The molecule has 5 rings (SSSR count). The SMILES string of the molecule is O=C(NCCCc1nc2ccccc2[nH]1)c1cc2ccccc2c2cccnc12. The van der Waals surface area contributed by atoms with Gasteiger partial charge in [-0.2, -0.15) is 0 Å². The van der Waals surface area contributed by atoms with E-state index in [-0.39, 0.29) is 5.91 Å². The highest BCUT2D eigenvalue weighted by Crippen LogP contribution is 2.27. The number of pyridine rings is 1. The molecular weight excluding hydrogens is 360 g/mol. The van der Waals surface area contributed by atoms with E-state index < -0.39 is 0 Å². The van der Waals surface area contributed by atoms with Crippen LogP contribution in [-0.2, 0) is 6.42 Å². The fourth-order valence-electron chi connectivity index (χ4n) is 3.78. The molecule has 0 aliphatic carbocycles. The molecule has 0 bridgehead atoms. The monoisotopic (exact) mass is 380 g/mol. The number of rotatable bonds is 5. The molecule has 5 nitrogen and oxygen atoms in total. The number of hydrogen-bond acceptors (Lipinski definition) is 3. The number of benzene rings is 3. The van der Waals surface area contributed by atoms with Crippen molar-refractivity contribution in [3.63, 3.8) is 0 Å². The predicted molar refractivity (Wildman–Crippen MR) is 116 cm³/mol. The standard InChI is InChI=1S/C24H20N4O/c29-24(26-14-6-12-22-27-20-10-3-4-11-21(20)28-22)19-15-16-7-1-2-8-17(16)18-9-5-13-25-23(18)19/h1-5,7-11,13,15H,6,12,14H2,(H,26,29)(H,27,28). The molecule has 2 heterocycles. The van der Waals surface area contributed by atoms with Crippen LogP contribution in [0.1, 0.15) is 22.6 Å². The van der Waals surface area contributed by atoms with Gasteiger partial charge in [-0.15, -0.1) is 0 Å². The summed E-state index contributed by atoms with van der Waals surface area (Å²) in [6, 6.07) is 21.9. The summed E-state index contributed by atoms with van der Waals surface area (Å²) in [5.41, 5.74) is 3.37. The number of aromatic amines is 1. The fraction of sp³-hybridized carbons (Fsp3) is 0.125. The zero-order valence-corrected chi connectivity index (χ0v) is 15.9. The summed E-state index contributed by atoms with van der Waals surface area (Å²) in [5, 5.41) is 6.19. The lowest BCUT2D eigenvalue weighted by atomic mass is 10.0. The van der Waals surface area contributed by atoms with E-state index in [1.807, 2.05) is 60.7 Å². The Balaban J connectivity index is 1.32. The number of aryl methyl sites for hydroxylation is 1. The molecule has 0 aliphatic heterocycles. The van der Waals surface area contributed by atoms with E-state index in [0.29, 0.717) is 12.1 Å². The zero-order chi connectivity index (χ0) is 19.6. The van der Waals surface area contributed by atoms with Crippen molar-refractivity contribution < 1.29 is 4.79 Å². The van der Waals surface area contributed by atoms with Gasteiger partial charge in [-0.05, 0) is 41.5 Å². The Bertz CT molecular complexity index is 1310. The molecule has 0 atom stereocenters. The van der Waals surface area contributed by atoms with E-state index in [0.717, 1.165) is 51.4 Å². The van der Waals surface area contributed by atoms with Crippen molar-refractivity contribution in [2.75, 3.05) is 6.54 Å². The number of nitrogens with zero attached hydrogens (tertiary/aromatic N) is 2. The summed E-state index contributed by atoms with van der Waals surface area (Å²) in [4.78, 5) is 25.3. The van der Waals surface area contributed by atoms with E-state index in [4.69, 9.17) is 0 Å². The van der Waals surface area contributed by atoms with Crippen molar-refractivity contribution in [3.8, 4) is 0 Å². The van der Waals surface area contributed by atoms with Gasteiger partial charge in [0.2, 0.25) is 0 Å². The van der Waals surface area contributed by atoms with E-state index >= 15 is 0 Å². The first kappa shape index (κ1) is 17.4. The Kier molecular flexibility index (Phi) is 4.41. The fourth-order valence-corrected chi connectivity index (χ4v) is 3.78. The van der Waals surface area contributed by atoms with Gasteiger partial charge < -0.3 is 10.3 Å². The lowest BCUT2D eigenvalue weighted by Crippen LogP contribution is -2.25. The van der Waals surface area contributed by atoms with Gasteiger partial charge in [0, 0.05) is 24.5 Å². The Morgan fingerprint density at radius 3 is 2.72 bits per heavy atom. The van der Waals surface area contributed by atoms with Crippen molar-refractivity contribution in [1.29, 1.82) is 0 Å². The van der Waals surface area contributed by atoms with Gasteiger partial charge in [-0.25, -0.2) is 4.98 Å². The minimum atomic E-state index is -0.0935. The second kappa shape index (κ2) is 7.36. The Morgan fingerprint density at radius 1 is 0.966 bits per heavy atom. The third-order valence-electron chi connectivity index (χ3n) is 5.17. The molecule has 0 unspecified atom stereocenters. The molecule has 0 aliphatic rings. The van der Waals surface area contributed by atoms with Crippen LogP contribution in [0.25, 0.3) is 32.7 Å². The second-order valence-corrected chi connectivity index (χ2v) is 7.10. The molecule has 0 fully saturated rings. The van der Waals surface area contributed by atoms with Gasteiger partial charge >= 0.3 is 0 Å². The topological polar surface area (TPSA) is 70.7 Å². The van der Waals surface area contributed by atoms with Crippen molar-refractivity contribution in [2.45, 2.75) is 12.8 Å². The molecule has 0 radical (unpaired) electrons. The van der Waals surface area contributed by atoms with E-state index in [1.165, 1.54) is 0 Å². The van der Waals surface area contributed by atoms with Crippen LogP contribution in [-0.4, -0.2) is 27.4 Å². The molecule has 1 amide bonds. The van der Waals surface area contributed by atoms with Crippen LogP contribution in [0, 0.1) is 0 Å². The number of amides is 1. The first-order chi connectivity index (χ1) is 14.3. The summed E-state index contributed by atoms with van der Waals surface area (Å²) in [6.07, 6.45) is 3.33. The lowest BCUT2D eigenvalue weighted by Gasteiger charge is -2.10. The minimum Gasteiger partial charge on any atom is -0.352 e. The van der Waals surface area contributed by atoms with E-state index in [2.05, 4.69) is 26.3 Å². The number of H-pyrrole nitrogens is 1. The third-order valence-corrected chi connectivity index (χ3v) is 5.17. The molecular formula is C24H20N4O. The zero-order valence-electron chi connectivity index (χ0n) is 15.9.